The summed E-state index contributed by atoms with van der Waals surface area (Å²) < 4.78 is 0. The summed E-state index contributed by atoms with van der Waals surface area (Å²) in [5.74, 6) is -0.0474. The molecule has 1 aliphatic heterocycles. The number of hydrogen-bond donors (Lipinski definition) is 2. The van der Waals surface area contributed by atoms with Gasteiger partial charge in [0.2, 0.25) is 5.91 Å². The van der Waals surface area contributed by atoms with E-state index >= 15 is 0 Å². The summed E-state index contributed by atoms with van der Waals surface area (Å²) in [5, 5.41) is 18.8. The van der Waals surface area contributed by atoms with E-state index < -0.39 is 12.2 Å². The zero-order chi connectivity index (χ0) is 13.3. The third-order valence-corrected chi connectivity index (χ3v) is 3.54. The number of hydrogen-bond acceptors (Lipinski definition) is 3. The molecule has 18 heavy (non-hydrogen) atoms. The van der Waals surface area contributed by atoms with Crippen LogP contribution in [-0.2, 0) is 11.2 Å². The maximum atomic E-state index is 12.0. The molecule has 1 aromatic carbocycles. The predicted molar refractivity (Wildman–Crippen MR) is 68.2 cm³/mol. The first-order chi connectivity index (χ1) is 8.47. The number of carbonyl (C=O) groups excluding carboxylic acids is 1. The van der Waals surface area contributed by atoms with Gasteiger partial charge in [0.15, 0.2) is 0 Å². The van der Waals surface area contributed by atoms with Crippen molar-refractivity contribution in [1.29, 1.82) is 0 Å². The van der Waals surface area contributed by atoms with Gasteiger partial charge in [-0.2, -0.15) is 0 Å². The lowest BCUT2D eigenvalue weighted by Crippen LogP contribution is -2.31. The van der Waals surface area contributed by atoms with Crippen LogP contribution in [0.1, 0.15) is 16.7 Å². The molecule has 98 valence electrons. The lowest BCUT2D eigenvalue weighted by molar-refractivity contribution is -0.129. The molecule has 1 fully saturated rings. The molecule has 4 heteroatoms. The molecule has 4 nitrogen and oxygen atoms in total. The maximum absolute atomic E-state index is 12.0. The largest absolute Gasteiger partial charge is 0.388 e. The van der Waals surface area contributed by atoms with Crippen LogP contribution in [0.25, 0.3) is 0 Å². The van der Waals surface area contributed by atoms with Crippen LogP contribution in [0.2, 0.25) is 0 Å². The number of aliphatic hydroxyl groups is 2. The van der Waals surface area contributed by atoms with Crippen molar-refractivity contribution in [3.05, 3.63) is 34.9 Å². The number of rotatable bonds is 2. The van der Waals surface area contributed by atoms with Crippen molar-refractivity contribution in [3.63, 3.8) is 0 Å². The van der Waals surface area contributed by atoms with Crippen LogP contribution >= 0.6 is 0 Å². The first kappa shape index (κ1) is 13.1. The Morgan fingerprint density at radius 3 is 2.39 bits per heavy atom. The van der Waals surface area contributed by atoms with Crippen molar-refractivity contribution in [2.45, 2.75) is 32.5 Å². The van der Waals surface area contributed by atoms with E-state index in [1.807, 2.05) is 32.0 Å². The quantitative estimate of drug-likeness (QED) is 0.798. The van der Waals surface area contributed by atoms with E-state index in [-0.39, 0.29) is 19.0 Å². The van der Waals surface area contributed by atoms with Gasteiger partial charge in [0.05, 0.1) is 18.6 Å². The van der Waals surface area contributed by atoms with Crippen LogP contribution in [0, 0.1) is 13.8 Å². The number of amides is 1. The fraction of sp³-hybridized carbons (Fsp3) is 0.500. The van der Waals surface area contributed by atoms with Crippen LogP contribution in [0.4, 0.5) is 0 Å². The Bertz CT molecular complexity index is 448. The lowest BCUT2D eigenvalue weighted by atomic mass is 10.0. The molecule has 1 aliphatic rings. The molecular formula is C14H19NO3. The molecule has 0 bridgehead atoms. The number of nitrogens with zero attached hydrogens (tertiary/aromatic N) is 1. The number of carbonyl (C=O) groups is 1. The normalized spacial score (nSPS) is 23.4. The summed E-state index contributed by atoms with van der Waals surface area (Å²) in [7, 11) is 0. The Balaban J connectivity index is 2.01. The fourth-order valence-corrected chi connectivity index (χ4v) is 2.17. The van der Waals surface area contributed by atoms with E-state index in [0.717, 1.165) is 5.56 Å². The number of likely N-dealkylation sites (tertiary alicyclic amines) is 1. The number of aryl methyl sites for hydroxylation is 2. The average molecular weight is 249 g/mol. The van der Waals surface area contributed by atoms with Gasteiger partial charge in [-0.05, 0) is 30.5 Å². The molecule has 2 N–H and O–H groups in total. The molecule has 2 rings (SSSR count). The Labute approximate surface area is 107 Å². The molecule has 1 aromatic rings. The number of β-amino-alcohol motifs (C(OH)–C–C–N with tert-alkyl or cyclic N) is 2. The summed E-state index contributed by atoms with van der Waals surface area (Å²) in [5.41, 5.74) is 3.35. The van der Waals surface area contributed by atoms with E-state index in [4.69, 9.17) is 0 Å². The van der Waals surface area contributed by atoms with Crippen LogP contribution in [0.5, 0.6) is 0 Å². The summed E-state index contributed by atoms with van der Waals surface area (Å²) in [6, 6.07) is 5.96. The van der Waals surface area contributed by atoms with Gasteiger partial charge in [-0.1, -0.05) is 18.2 Å². The third kappa shape index (κ3) is 2.71. The van der Waals surface area contributed by atoms with E-state index in [9.17, 15) is 15.0 Å². The molecule has 2 unspecified atom stereocenters. The van der Waals surface area contributed by atoms with Gasteiger partial charge in [-0.15, -0.1) is 0 Å². The molecule has 0 spiro atoms. The van der Waals surface area contributed by atoms with Crippen LogP contribution in [0.15, 0.2) is 18.2 Å². The smallest absolute Gasteiger partial charge is 0.227 e. The molecule has 0 radical (unpaired) electrons. The molecule has 0 saturated carbocycles. The van der Waals surface area contributed by atoms with Crippen molar-refractivity contribution < 1.29 is 15.0 Å². The van der Waals surface area contributed by atoms with Crippen LogP contribution < -0.4 is 0 Å². The highest BCUT2D eigenvalue weighted by Crippen LogP contribution is 2.14. The minimum atomic E-state index is -0.811. The molecular weight excluding hydrogens is 230 g/mol. The van der Waals surface area contributed by atoms with Crippen molar-refractivity contribution in [2.24, 2.45) is 0 Å². The van der Waals surface area contributed by atoms with Crippen molar-refractivity contribution in [2.75, 3.05) is 13.1 Å². The number of aliphatic hydroxyl groups excluding tert-OH is 2. The molecule has 1 heterocycles. The summed E-state index contributed by atoms with van der Waals surface area (Å²) >= 11 is 0. The average Bonchev–Trinajstić information content (AvgIpc) is 2.65. The number of benzene rings is 1. The van der Waals surface area contributed by atoms with Gasteiger partial charge < -0.3 is 15.1 Å². The van der Waals surface area contributed by atoms with Crippen molar-refractivity contribution >= 4 is 5.91 Å². The van der Waals surface area contributed by atoms with Gasteiger partial charge in [0.1, 0.15) is 0 Å². The summed E-state index contributed by atoms with van der Waals surface area (Å²) in [6.45, 7) is 4.51. The first-order valence-corrected chi connectivity index (χ1v) is 6.17. The SMILES string of the molecule is Cc1ccc(CC(=O)N2CC(O)C(O)C2)cc1C. The van der Waals surface area contributed by atoms with Gasteiger partial charge in [0.25, 0.3) is 0 Å². The maximum Gasteiger partial charge on any atom is 0.227 e. The Morgan fingerprint density at radius 1 is 1.22 bits per heavy atom. The minimum Gasteiger partial charge on any atom is -0.388 e. The van der Waals surface area contributed by atoms with E-state index in [2.05, 4.69) is 0 Å². The van der Waals surface area contributed by atoms with Crippen LogP contribution in [-0.4, -0.2) is 46.3 Å². The van der Waals surface area contributed by atoms with Crippen LogP contribution in [0.3, 0.4) is 0 Å². The monoisotopic (exact) mass is 249 g/mol. The van der Waals surface area contributed by atoms with Gasteiger partial charge in [0, 0.05) is 13.1 Å². The zero-order valence-electron chi connectivity index (χ0n) is 10.8. The van der Waals surface area contributed by atoms with E-state index in [0.29, 0.717) is 6.42 Å². The Hall–Kier alpha value is -1.39. The topological polar surface area (TPSA) is 60.8 Å². The second-order valence-corrected chi connectivity index (χ2v) is 5.03. The van der Waals surface area contributed by atoms with Gasteiger partial charge >= 0.3 is 0 Å². The lowest BCUT2D eigenvalue weighted by Gasteiger charge is -2.15. The molecule has 1 amide bonds. The molecule has 2 atom stereocenters. The van der Waals surface area contributed by atoms with Gasteiger partial charge in [-0.25, -0.2) is 0 Å². The fourth-order valence-electron chi connectivity index (χ4n) is 2.17. The summed E-state index contributed by atoms with van der Waals surface area (Å²) in [4.78, 5) is 13.5. The summed E-state index contributed by atoms with van der Waals surface area (Å²) in [6.07, 6.45) is -1.30. The van der Waals surface area contributed by atoms with E-state index in [1.54, 1.807) is 0 Å². The molecule has 1 saturated heterocycles. The van der Waals surface area contributed by atoms with E-state index in [1.165, 1.54) is 16.0 Å². The third-order valence-electron chi connectivity index (χ3n) is 3.54. The second-order valence-electron chi connectivity index (χ2n) is 5.03. The Morgan fingerprint density at radius 2 is 1.83 bits per heavy atom. The highest BCUT2D eigenvalue weighted by Gasteiger charge is 2.32. The molecule has 0 aliphatic carbocycles. The second kappa shape index (κ2) is 5.08. The van der Waals surface area contributed by atoms with Crippen molar-refractivity contribution in [1.82, 2.24) is 4.90 Å². The predicted octanol–water partition coefficient (Wildman–Crippen LogP) is 0.410. The molecule has 0 aromatic heterocycles. The highest BCUT2D eigenvalue weighted by atomic mass is 16.3. The Kier molecular flexibility index (Phi) is 3.68. The minimum absolute atomic E-state index is 0.0474. The standard InChI is InChI=1S/C14H19NO3/c1-9-3-4-11(5-10(9)2)6-14(18)15-7-12(16)13(17)8-15/h3-5,12-13,16-17H,6-8H2,1-2H3. The first-order valence-electron chi connectivity index (χ1n) is 6.17. The van der Waals surface area contributed by atoms with Gasteiger partial charge in [-0.3, -0.25) is 4.79 Å². The zero-order valence-corrected chi connectivity index (χ0v) is 10.8. The highest BCUT2D eigenvalue weighted by molar-refractivity contribution is 5.79. The van der Waals surface area contributed by atoms with Crippen molar-refractivity contribution in [3.8, 4) is 0 Å².